The van der Waals surface area contributed by atoms with Gasteiger partial charge in [0, 0.05) is 11.3 Å². The zero-order chi connectivity index (χ0) is 19.2. The van der Waals surface area contributed by atoms with E-state index in [4.69, 9.17) is 4.74 Å². The van der Waals surface area contributed by atoms with Crippen molar-refractivity contribution in [3.8, 4) is 5.75 Å². The summed E-state index contributed by atoms with van der Waals surface area (Å²) in [6.45, 7) is 4.39. The number of fused-ring (bicyclic) bond motifs is 1. The van der Waals surface area contributed by atoms with Crippen LogP contribution in [0, 0.1) is 5.41 Å². The molecule has 0 aliphatic heterocycles. The van der Waals surface area contributed by atoms with E-state index in [1.165, 1.54) is 17.3 Å². The summed E-state index contributed by atoms with van der Waals surface area (Å²) in [5.41, 5.74) is 3.51. The lowest BCUT2D eigenvalue weighted by Crippen LogP contribution is -2.29. The first-order chi connectivity index (χ1) is 12.9. The van der Waals surface area contributed by atoms with Crippen molar-refractivity contribution in [3.05, 3.63) is 83.4 Å². The molecular formula is C22H22N2O3. The number of aromatic carboxylic acids is 1. The summed E-state index contributed by atoms with van der Waals surface area (Å²) >= 11 is 0. The van der Waals surface area contributed by atoms with Gasteiger partial charge in [0.1, 0.15) is 11.4 Å². The molecule has 0 fully saturated rings. The molecule has 1 aliphatic rings. The lowest BCUT2D eigenvalue weighted by molar-refractivity contribution is 0.0679. The van der Waals surface area contributed by atoms with Gasteiger partial charge in [0.25, 0.3) is 0 Å². The third kappa shape index (κ3) is 2.62. The number of methoxy groups -OCH3 is 1. The first-order valence-corrected chi connectivity index (χ1v) is 8.93. The Morgan fingerprint density at radius 1 is 1.11 bits per heavy atom. The average Bonchev–Trinajstić information content (AvgIpc) is 3.21. The van der Waals surface area contributed by atoms with Crippen molar-refractivity contribution in [1.29, 1.82) is 0 Å². The number of benzene rings is 2. The molecule has 0 unspecified atom stereocenters. The Kier molecular flexibility index (Phi) is 4.02. The van der Waals surface area contributed by atoms with E-state index in [1.807, 2.05) is 24.3 Å². The molecule has 0 bridgehead atoms. The second kappa shape index (κ2) is 6.27. The largest absolute Gasteiger partial charge is 0.497 e. The Labute approximate surface area is 158 Å². The molecule has 2 aromatic carbocycles. The highest BCUT2D eigenvalue weighted by Gasteiger charge is 2.49. The van der Waals surface area contributed by atoms with Crippen LogP contribution >= 0.6 is 0 Å². The van der Waals surface area contributed by atoms with Gasteiger partial charge in [0.05, 0.1) is 25.7 Å². The molecule has 5 nitrogen and oxygen atoms in total. The second-order valence-electron chi connectivity index (χ2n) is 7.55. The number of hydrogen-bond acceptors (Lipinski definition) is 3. The van der Waals surface area contributed by atoms with Gasteiger partial charge >= 0.3 is 5.97 Å². The van der Waals surface area contributed by atoms with Crippen LogP contribution in [0.4, 0.5) is 0 Å². The molecule has 3 aromatic rings. The Morgan fingerprint density at radius 2 is 1.78 bits per heavy atom. The van der Waals surface area contributed by atoms with Gasteiger partial charge in [0.15, 0.2) is 0 Å². The lowest BCUT2D eigenvalue weighted by atomic mass is 9.73. The van der Waals surface area contributed by atoms with Gasteiger partial charge in [-0.1, -0.05) is 50.2 Å². The molecule has 0 amide bonds. The molecule has 1 aliphatic carbocycles. The van der Waals surface area contributed by atoms with Crippen molar-refractivity contribution in [1.82, 2.24) is 9.55 Å². The third-order valence-corrected chi connectivity index (χ3v) is 5.66. The van der Waals surface area contributed by atoms with Gasteiger partial charge in [-0.15, -0.1) is 0 Å². The zero-order valence-electron chi connectivity index (χ0n) is 15.6. The van der Waals surface area contributed by atoms with E-state index >= 15 is 0 Å². The second-order valence-corrected chi connectivity index (χ2v) is 7.55. The molecule has 5 heteroatoms. The van der Waals surface area contributed by atoms with E-state index in [2.05, 4.69) is 43.1 Å². The number of imidazole rings is 1. The number of ether oxygens (including phenoxy) is 1. The summed E-state index contributed by atoms with van der Waals surface area (Å²) in [6, 6.07) is 16.3. The van der Waals surface area contributed by atoms with Crippen molar-refractivity contribution in [3.63, 3.8) is 0 Å². The lowest BCUT2D eigenvalue weighted by Gasteiger charge is -2.35. The summed E-state index contributed by atoms with van der Waals surface area (Å²) in [7, 11) is 1.66. The van der Waals surface area contributed by atoms with Crippen molar-refractivity contribution < 1.29 is 14.6 Å². The molecule has 138 valence electrons. The predicted octanol–water partition coefficient (Wildman–Crippen LogP) is 4.35. The normalized spacial score (nSPS) is 20.3. The number of nitrogens with zero attached hydrogens (tertiary/aromatic N) is 2. The minimum absolute atomic E-state index is 0.116. The van der Waals surface area contributed by atoms with Crippen molar-refractivity contribution in [2.45, 2.75) is 25.8 Å². The Bertz CT molecular complexity index is 989. The highest BCUT2D eigenvalue weighted by molar-refractivity contribution is 5.85. The zero-order valence-corrected chi connectivity index (χ0v) is 15.6. The van der Waals surface area contributed by atoms with Crippen LogP contribution in [0.2, 0.25) is 0 Å². The standard InChI is InChI=1S/C22H22N2O3/c1-22(2)19(14-8-10-15(27-3)11-9-14)16-6-4-5-7-17(16)20(22)24-13-23-12-18(24)21(25)26/h4-13,19-20H,1-3H3,(H,25,26)/t19-,20-/m0/s1. The quantitative estimate of drug-likeness (QED) is 0.749. The fourth-order valence-electron chi connectivity index (χ4n) is 4.57. The highest BCUT2D eigenvalue weighted by Crippen LogP contribution is 2.58. The SMILES string of the molecule is COc1ccc([C@H]2c3ccccc3[C@H](n3cncc3C(=O)O)C2(C)C)cc1. The van der Waals surface area contributed by atoms with Gasteiger partial charge in [-0.2, -0.15) is 0 Å². The molecule has 4 rings (SSSR count). The van der Waals surface area contributed by atoms with E-state index in [9.17, 15) is 9.90 Å². The monoisotopic (exact) mass is 362 g/mol. The Morgan fingerprint density at radius 3 is 2.41 bits per heavy atom. The molecule has 1 N–H and O–H groups in total. The van der Waals surface area contributed by atoms with Crippen molar-refractivity contribution >= 4 is 5.97 Å². The minimum atomic E-state index is -0.964. The van der Waals surface area contributed by atoms with Gasteiger partial charge in [0.2, 0.25) is 0 Å². The van der Waals surface area contributed by atoms with E-state index in [0.29, 0.717) is 0 Å². The van der Waals surface area contributed by atoms with E-state index in [1.54, 1.807) is 18.0 Å². The maximum Gasteiger partial charge on any atom is 0.354 e. The Hall–Kier alpha value is -3.08. The molecule has 0 spiro atoms. The molecule has 0 saturated heterocycles. The number of carboxylic acids is 1. The molecule has 27 heavy (non-hydrogen) atoms. The van der Waals surface area contributed by atoms with E-state index in [0.717, 1.165) is 11.3 Å². The number of hydrogen-bond donors (Lipinski definition) is 1. The summed E-state index contributed by atoms with van der Waals surface area (Å²) in [4.78, 5) is 15.8. The molecule has 1 aromatic heterocycles. The summed E-state index contributed by atoms with van der Waals surface area (Å²) in [6.07, 6.45) is 3.05. The van der Waals surface area contributed by atoms with Crippen molar-refractivity contribution in [2.24, 2.45) is 5.41 Å². The van der Waals surface area contributed by atoms with Crippen LogP contribution in [0.15, 0.2) is 61.1 Å². The summed E-state index contributed by atoms with van der Waals surface area (Å²) in [5, 5.41) is 9.60. The fourth-order valence-corrected chi connectivity index (χ4v) is 4.57. The maximum absolute atomic E-state index is 11.7. The van der Waals surface area contributed by atoms with E-state index < -0.39 is 5.97 Å². The highest BCUT2D eigenvalue weighted by atomic mass is 16.5. The summed E-state index contributed by atoms with van der Waals surface area (Å²) < 4.78 is 7.09. The molecule has 0 radical (unpaired) electrons. The first kappa shape index (κ1) is 17.3. The smallest absolute Gasteiger partial charge is 0.354 e. The van der Waals surface area contributed by atoms with Crippen LogP contribution in [0.5, 0.6) is 5.75 Å². The molecule has 0 saturated carbocycles. The van der Waals surface area contributed by atoms with Gasteiger partial charge < -0.3 is 14.4 Å². The van der Waals surface area contributed by atoms with Crippen molar-refractivity contribution in [2.75, 3.05) is 7.11 Å². The summed E-state index contributed by atoms with van der Waals surface area (Å²) in [5.74, 6) is -0.00973. The van der Waals surface area contributed by atoms with E-state index in [-0.39, 0.29) is 23.1 Å². The first-order valence-electron chi connectivity index (χ1n) is 8.93. The molecule has 2 atom stereocenters. The molecule has 1 heterocycles. The number of carboxylic acid groups (broad SMARTS) is 1. The van der Waals surface area contributed by atoms with Crippen LogP contribution in [-0.4, -0.2) is 27.7 Å². The van der Waals surface area contributed by atoms with Crippen LogP contribution in [0.25, 0.3) is 0 Å². The van der Waals surface area contributed by atoms with Gasteiger partial charge in [-0.25, -0.2) is 9.78 Å². The number of rotatable bonds is 4. The van der Waals surface area contributed by atoms with Gasteiger partial charge in [-0.05, 0) is 28.8 Å². The maximum atomic E-state index is 11.7. The van der Waals surface area contributed by atoms with Crippen LogP contribution < -0.4 is 4.74 Å². The average molecular weight is 362 g/mol. The molecular weight excluding hydrogens is 340 g/mol. The van der Waals surface area contributed by atoms with Crippen LogP contribution in [0.3, 0.4) is 0 Å². The van der Waals surface area contributed by atoms with Crippen LogP contribution in [0.1, 0.15) is 53.0 Å². The minimum Gasteiger partial charge on any atom is -0.497 e. The third-order valence-electron chi connectivity index (χ3n) is 5.66. The van der Waals surface area contributed by atoms with Crippen LogP contribution in [-0.2, 0) is 0 Å². The number of carbonyl (C=O) groups is 1. The topological polar surface area (TPSA) is 64.4 Å². The number of aromatic nitrogens is 2. The fraction of sp³-hybridized carbons (Fsp3) is 0.273. The van der Waals surface area contributed by atoms with Gasteiger partial charge in [-0.3, -0.25) is 0 Å². The predicted molar refractivity (Wildman–Crippen MR) is 102 cm³/mol. The Balaban J connectivity index is 1.90.